The third-order valence-corrected chi connectivity index (χ3v) is 3.28. The average molecular weight is 209 g/mol. The van der Waals surface area contributed by atoms with E-state index in [9.17, 15) is 4.39 Å². The van der Waals surface area contributed by atoms with E-state index in [1.807, 2.05) is 0 Å². The molecule has 1 atom stereocenters. The Morgan fingerprint density at radius 3 is 2.27 bits per heavy atom. The fraction of sp³-hybridized carbons (Fsp3) is 0.538. The van der Waals surface area contributed by atoms with Gasteiger partial charge >= 0.3 is 0 Å². The summed E-state index contributed by atoms with van der Waals surface area (Å²) in [4.78, 5) is 0. The van der Waals surface area contributed by atoms with Crippen LogP contribution in [0.4, 0.5) is 4.39 Å². The van der Waals surface area contributed by atoms with Crippen molar-refractivity contribution >= 4 is 0 Å². The lowest BCUT2D eigenvalue weighted by Gasteiger charge is -2.30. The molecular formula is C13H20FN. The maximum Gasteiger partial charge on any atom is 0.123 e. The fourth-order valence-electron chi connectivity index (χ4n) is 1.41. The van der Waals surface area contributed by atoms with E-state index < -0.39 is 0 Å². The first-order chi connectivity index (χ1) is 6.95. The molecule has 0 spiro atoms. The van der Waals surface area contributed by atoms with Gasteiger partial charge in [-0.3, -0.25) is 0 Å². The van der Waals surface area contributed by atoms with Gasteiger partial charge in [0.1, 0.15) is 5.82 Å². The molecule has 84 valence electrons. The molecule has 1 aromatic rings. The van der Waals surface area contributed by atoms with Crippen LogP contribution in [-0.2, 0) is 6.42 Å². The summed E-state index contributed by atoms with van der Waals surface area (Å²) in [5.41, 5.74) is 7.37. The molecule has 1 unspecified atom stereocenters. The van der Waals surface area contributed by atoms with E-state index in [1.54, 1.807) is 12.1 Å². The number of benzene rings is 1. The van der Waals surface area contributed by atoms with Gasteiger partial charge in [0.15, 0.2) is 0 Å². The summed E-state index contributed by atoms with van der Waals surface area (Å²) in [6.07, 6.45) is 1.86. The molecule has 15 heavy (non-hydrogen) atoms. The molecule has 0 aliphatic carbocycles. The first-order valence-corrected chi connectivity index (χ1v) is 5.45. The van der Waals surface area contributed by atoms with Gasteiger partial charge in [0.05, 0.1) is 0 Å². The molecule has 1 rings (SSSR count). The van der Waals surface area contributed by atoms with Crippen LogP contribution in [-0.4, -0.2) is 6.04 Å². The van der Waals surface area contributed by atoms with E-state index in [4.69, 9.17) is 5.73 Å². The molecular weight excluding hydrogens is 189 g/mol. The van der Waals surface area contributed by atoms with E-state index in [0.717, 1.165) is 18.4 Å². The molecule has 2 N–H and O–H groups in total. The smallest absolute Gasteiger partial charge is 0.123 e. The number of nitrogens with two attached hydrogens (primary N) is 1. The van der Waals surface area contributed by atoms with E-state index in [0.29, 0.717) is 0 Å². The Bertz CT molecular complexity index is 303. The van der Waals surface area contributed by atoms with Crippen molar-refractivity contribution in [2.24, 2.45) is 11.1 Å². The summed E-state index contributed by atoms with van der Waals surface area (Å²) >= 11 is 0. The summed E-state index contributed by atoms with van der Waals surface area (Å²) in [6, 6.07) is 6.71. The lowest BCUT2D eigenvalue weighted by Crippen LogP contribution is -2.38. The number of rotatable bonds is 4. The van der Waals surface area contributed by atoms with Gasteiger partial charge in [-0.2, -0.15) is 0 Å². The Hall–Kier alpha value is -0.890. The lowest BCUT2D eigenvalue weighted by atomic mass is 9.79. The van der Waals surface area contributed by atoms with Crippen molar-refractivity contribution < 1.29 is 4.39 Å². The van der Waals surface area contributed by atoms with Crippen LogP contribution in [0.3, 0.4) is 0 Å². The van der Waals surface area contributed by atoms with Crippen LogP contribution in [0, 0.1) is 11.2 Å². The standard InChI is InChI=1S/C13H20FN/c1-4-13(2,3)12(15)9-10-5-7-11(14)8-6-10/h5-8,12H,4,9,15H2,1-3H3. The first kappa shape index (κ1) is 12.2. The van der Waals surface area contributed by atoms with Crippen molar-refractivity contribution in [3.05, 3.63) is 35.6 Å². The van der Waals surface area contributed by atoms with Crippen molar-refractivity contribution in [2.75, 3.05) is 0 Å². The van der Waals surface area contributed by atoms with Crippen LogP contribution in [0.25, 0.3) is 0 Å². The van der Waals surface area contributed by atoms with Gasteiger partial charge in [0, 0.05) is 6.04 Å². The Morgan fingerprint density at radius 1 is 1.27 bits per heavy atom. The quantitative estimate of drug-likeness (QED) is 0.810. The molecule has 0 amide bonds. The zero-order valence-electron chi connectivity index (χ0n) is 9.76. The second kappa shape index (κ2) is 4.75. The van der Waals surface area contributed by atoms with Crippen LogP contribution in [0.5, 0.6) is 0 Å². The van der Waals surface area contributed by atoms with Crippen LogP contribution in [0.15, 0.2) is 24.3 Å². The van der Waals surface area contributed by atoms with Gasteiger partial charge in [0.25, 0.3) is 0 Å². The Morgan fingerprint density at radius 2 is 1.80 bits per heavy atom. The van der Waals surface area contributed by atoms with Crippen molar-refractivity contribution in [3.63, 3.8) is 0 Å². The normalized spacial score (nSPS) is 13.9. The van der Waals surface area contributed by atoms with Crippen LogP contribution < -0.4 is 5.73 Å². The first-order valence-electron chi connectivity index (χ1n) is 5.45. The molecule has 0 fully saturated rings. The molecule has 1 aromatic carbocycles. The largest absolute Gasteiger partial charge is 0.327 e. The fourth-order valence-corrected chi connectivity index (χ4v) is 1.41. The van der Waals surface area contributed by atoms with Gasteiger partial charge in [-0.05, 0) is 36.0 Å². The van der Waals surface area contributed by atoms with E-state index in [1.165, 1.54) is 12.1 Å². The molecule has 0 aliphatic heterocycles. The van der Waals surface area contributed by atoms with Crippen LogP contribution >= 0.6 is 0 Å². The Kier molecular flexibility index (Phi) is 3.86. The zero-order chi connectivity index (χ0) is 11.5. The van der Waals surface area contributed by atoms with Crippen molar-refractivity contribution in [2.45, 2.75) is 39.7 Å². The lowest BCUT2D eigenvalue weighted by molar-refractivity contribution is 0.272. The van der Waals surface area contributed by atoms with E-state index in [2.05, 4.69) is 20.8 Å². The number of hydrogen-bond acceptors (Lipinski definition) is 1. The van der Waals surface area contributed by atoms with Gasteiger partial charge in [-0.25, -0.2) is 4.39 Å². The third-order valence-electron chi connectivity index (χ3n) is 3.28. The highest BCUT2D eigenvalue weighted by atomic mass is 19.1. The van der Waals surface area contributed by atoms with Crippen molar-refractivity contribution in [3.8, 4) is 0 Å². The second-order valence-electron chi connectivity index (χ2n) is 4.78. The van der Waals surface area contributed by atoms with Crippen LogP contribution in [0.1, 0.15) is 32.8 Å². The molecule has 0 aromatic heterocycles. The molecule has 0 radical (unpaired) electrons. The highest BCUT2D eigenvalue weighted by Gasteiger charge is 2.24. The summed E-state index contributed by atoms with van der Waals surface area (Å²) in [7, 11) is 0. The maximum atomic E-state index is 12.7. The molecule has 0 aliphatic rings. The minimum Gasteiger partial charge on any atom is -0.327 e. The molecule has 0 bridgehead atoms. The molecule has 1 nitrogen and oxygen atoms in total. The highest BCUT2D eigenvalue weighted by Crippen LogP contribution is 2.25. The Balaban J connectivity index is 2.66. The third kappa shape index (κ3) is 3.31. The molecule has 0 saturated carbocycles. The topological polar surface area (TPSA) is 26.0 Å². The summed E-state index contributed by atoms with van der Waals surface area (Å²) in [6.45, 7) is 6.48. The minimum absolute atomic E-state index is 0.118. The molecule has 0 saturated heterocycles. The van der Waals surface area contributed by atoms with Gasteiger partial charge < -0.3 is 5.73 Å². The SMILES string of the molecule is CCC(C)(C)C(N)Cc1ccc(F)cc1. The predicted molar refractivity (Wildman–Crippen MR) is 62.2 cm³/mol. The number of halogens is 1. The van der Waals surface area contributed by atoms with E-state index in [-0.39, 0.29) is 17.3 Å². The maximum absolute atomic E-state index is 12.7. The molecule has 2 heteroatoms. The van der Waals surface area contributed by atoms with E-state index >= 15 is 0 Å². The van der Waals surface area contributed by atoms with Gasteiger partial charge in [-0.15, -0.1) is 0 Å². The van der Waals surface area contributed by atoms with Gasteiger partial charge in [0.2, 0.25) is 0 Å². The average Bonchev–Trinajstić information content (AvgIpc) is 2.21. The summed E-state index contributed by atoms with van der Waals surface area (Å²) in [5.74, 6) is -0.193. The summed E-state index contributed by atoms with van der Waals surface area (Å²) < 4.78 is 12.7. The highest BCUT2D eigenvalue weighted by molar-refractivity contribution is 5.17. The van der Waals surface area contributed by atoms with Crippen LogP contribution in [0.2, 0.25) is 0 Å². The number of hydrogen-bond donors (Lipinski definition) is 1. The minimum atomic E-state index is -0.193. The van der Waals surface area contributed by atoms with Crippen molar-refractivity contribution in [1.29, 1.82) is 0 Å². The van der Waals surface area contributed by atoms with Crippen molar-refractivity contribution in [1.82, 2.24) is 0 Å². The predicted octanol–water partition coefficient (Wildman–Crippen LogP) is 3.13. The molecule has 0 heterocycles. The summed E-state index contributed by atoms with van der Waals surface area (Å²) in [5, 5.41) is 0. The van der Waals surface area contributed by atoms with Gasteiger partial charge in [-0.1, -0.05) is 32.9 Å². The Labute approximate surface area is 91.5 Å². The monoisotopic (exact) mass is 209 g/mol. The zero-order valence-corrected chi connectivity index (χ0v) is 9.76. The second-order valence-corrected chi connectivity index (χ2v) is 4.78.